The van der Waals surface area contributed by atoms with Gasteiger partial charge in [-0.15, -0.1) is 0 Å². The van der Waals surface area contributed by atoms with Gasteiger partial charge in [0.15, 0.2) is 0 Å². The number of amidine groups is 1. The standard InChI is InChI=1S/C27H24N4O2/c28-25(29)20-12-7-13-21(16-20)26(32)31-24(19-9-2-1-3-10-19)27(33)30-17-22-14-6-11-18-8-4-5-15-23(18)22/h1-16,24H,17H2,(H3,28,29)(H,30,33)(H,31,32). The maximum absolute atomic E-state index is 13.2. The Morgan fingerprint density at radius 3 is 2.27 bits per heavy atom. The average Bonchev–Trinajstić information content (AvgIpc) is 2.86. The number of nitrogens with one attached hydrogen (secondary N) is 3. The van der Waals surface area contributed by atoms with E-state index >= 15 is 0 Å². The first-order chi connectivity index (χ1) is 16.0. The molecular formula is C27H24N4O2. The second-order valence-corrected chi connectivity index (χ2v) is 7.67. The highest BCUT2D eigenvalue weighted by Crippen LogP contribution is 2.19. The van der Waals surface area contributed by atoms with Crippen molar-refractivity contribution in [3.63, 3.8) is 0 Å². The van der Waals surface area contributed by atoms with Crippen molar-refractivity contribution in [1.82, 2.24) is 10.6 Å². The maximum atomic E-state index is 13.2. The fourth-order valence-electron chi connectivity index (χ4n) is 3.72. The van der Waals surface area contributed by atoms with Crippen LogP contribution < -0.4 is 16.4 Å². The molecule has 4 aromatic carbocycles. The van der Waals surface area contributed by atoms with Crippen molar-refractivity contribution in [3.8, 4) is 0 Å². The quantitative estimate of drug-likeness (QED) is 0.260. The Hall–Kier alpha value is -4.45. The molecule has 0 radical (unpaired) electrons. The molecule has 4 aromatic rings. The van der Waals surface area contributed by atoms with Gasteiger partial charge < -0.3 is 16.4 Å². The van der Waals surface area contributed by atoms with E-state index in [9.17, 15) is 9.59 Å². The van der Waals surface area contributed by atoms with Gasteiger partial charge in [-0.05, 0) is 34.0 Å². The normalized spacial score (nSPS) is 11.5. The summed E-state index contributed by atoms with van der Waals surface area (Å²) in [6.07, 6.45) is 0. The third-order valence-corrected chi connectivity index (χ3v) is 5.44. The highest BCUT2D eigenvalue weighted by Gasteiger charge is 2.23. The molecule has 5 N–H and O–H groups in total. The van der Waals surface area contributed by atoms with Gasteiger partial charge in [0.1, 0.15) is 11.9 Å². The Balaban J connectivity index is 1.55. The van der Waals surface area contributed by atoms with E-state index in [-0.39, 0.29) is 11.7 Å². The minimum Gasteiger partial charge on any atom is -0.384 e. The van der Waals surface area contributed by atoms with Gasteiger partial charge in [-0.3, -0.25) is 15.0 Å². The number of carbonyl (C=O) groups is 2. The minimum atomic E-state index is -0.880. The summed E-state index contributed by atoms with van der Waals surface area (Å²) < 4.78 is 0. The van der Waals surface area contributed by atoms with Gasteiger partial charge in [-0.2, -0.15) is 0 Å². The largest absolute Gasteiger partial charge is 0.384 e. The predicted molar refractivity (Wildman–Crippen MR) is 130 cm³/mol. The number of hydrogen-bond donors (Lipinski definition) is 4. The number of carbonyl (C=O) groups excluding carboxylic acids is 2. The molecule has 0 saturated heterocycles. The molecule has 0 aliphatic heterocycles. The van der Waals surface area contributed by atoms with Gasteiger partial charge in [0.2, 0.25) is 5.91 Å². The number of benzene rings is 4. The van der Waals surface area contributed by atoms with Crippen LogP contribution in [0.5, 0.6) is 0 Å². The van der Waals surface area contributed by atoms with Crippen LogP contribution in [0.25, 0.3) is 10.8 Å². The van der Waals surface area contributed by atoms with Crippen LogP contribution in [0.2, 0.25) is 0 Å². The summed E-state index contributed by atoms with van der Waals surface area (Å²) in [5.74, 6) is -0.866. The van der Waals surface area contributed by atoms with E-state index in [1.54, 1.807) is 30.3 Å². The Bertz CT molecular complexity index is 1310. The lowest BCUT2D eigenvalue weighted by molar-refractivity contribution is -0.123. The van der Waals surface area contributed by atoms with Gasteiger partial charge in [0.25, 0.3) is 5.91 Å². The lowest BCUT2D eigenvalue weighted by Crippen LogP contribution is -2.40. The first-order valence-corrected chi connectivity index (χ1v) is 10.6. The topological polar surface area (TPSA) is 108 Å². The zero-order valence-corrected chi connectivity index (χ0v) is 17.9. The molecule has 0 bridgehead atoms. The van der Waals surface area contributed by atoms with Gasteiger partial charge in [-0.25, -0.2) is 0 Å². The van der Waals surface area contributed by atoms with Crippen LogP contribution in [-0.2, 0) is 11.3 Å². The van der Waals surface area contributed by atoms with E-state index in [1.807, 2.05) is 60.7 Å². The van der Waals surface area contributed by atoms with E-state index in [0.717, 1.165) is 16.3 Å². The van der Waals surface area contributed by atoms with Gasteiger partial charge in [0.05, 0.1) is 0 Å². The monoisotopic (exact) mass is 436 g/mol. The van der Waals surface area contributed by atoms with E-state index in [4.69, 9.17) is 11.1 Å². The Morgan fingerprint density at radius 1 is 0.818 bits per heavy atom. The molecule has 0 fully saturated rings. The summed E-state index contributed by atoms with van der Waals surface area (Å²) in [4.78, 5) is 26.2. The lowest BCUT2D eigenvalue weighted by Gasteiger charge is -2.19. The molecule has 0 aliphatic carbocycles. The zero-order valence-electron chi connectivity index (χ0n) is 17.9. The number of hydrogen-bond acceptors (Lipinski definition) is 3. The van der Waals surface area contributed by atoms with Gasteiger partial charge in [0, 0.05) is 17.7 Å². The fraction of sp³-hybridized carbons (Fsp3) is 0.0741. The zero-order chi connectivity index (χ0) is 23.2. The highest BCUT2D eigenvalue weighted by atomic mass is 16.2. The minimum absolute atomic E-state index is 0.128. The average molecular weight is 437 g/mol. The summed E-state index contributed by atoms with van der Waals surface area (Å²) in [5.41, 5.74) is 7.98. The molecule has 6 nitrogen and oxygen atoms in total. The molecule has 2 amide bonds. The second-order valence-electron chi connectivity index (χ2n) is 7.67. The van der Waals surface area contributed by atoms with Crippen LogP contribution in [0, 0.1) is 5.41 Å². The molecule has 0 heterocycles. The molecule has 6 heteroatoms. The second kappa shape index (κ2) is 9.78. The molecule has 0 spiro atoms. The summed E-state index contributed by atoms with van der Waals surface area (Å²) in [5, 5.41) is 15.6. The molecule has 1 atom stereocenters. The van der Waals surface area contributed by atoms with E-state index in [0.29, 0.717) is 23.2 Å². The molecule has 164 valence electrons. The van der Waals surface area contributed by atoms with Crippen molar-refractivity contribution >= 4 is 28.4 Å². The third-order valence-electron chi connectivity index (χ3n) is 5.44. The summed E-state index contributed by atoms with van der Waals surface area (Å²) in [7, 11) is 0. The van der Waals surface area contributed by atoms with Crippen LogP contribution in [-0.4, -0.2) is 17.6 Å². The van der Waals surface area contributed by atoms with Crippen LogP contribution >= 0.6 is 0 Å². The Labute approximate surface area is 191 Å². The first kappa shape index (κ1) is 21.8. The fourth-order valence-corrected chi connectivity index (χ4v) is 3.72. The number of rotatable bonds is 7. The van der Waals surface area contributed by atoms with Crippen LogP contribution in [0.1, 0.15) is 33.1 Å². The van der Waals surface area contributed by atoms with Gasteiger partial charge in [-0.1, -0.05) is 84.9 Å². The van der Waals surface area contributed by atoms with Crippen molar-refractivity contribution in [2.24, 2.45) is 5.73 Å². The molecular weight excluding hydrogens is 412 g/mol. The molecule has 4 rings (SSSR count). The molecule has 0 aliphatic rings. The van der Waals surface area contributed by atoms with Crippen molar-refractivity contribution < 1.29 is 9.59 Å². The first-order valence-electron chi connectivity index (χ1n) is 10.6. The van der Waals surface area contributed by atoms with Crippen molar-refractivity contribution in [3.05, 3.63) is 119 Å². The molecule has 0 saturated carbocycles. The number of fused-ring (bicyclic) bond motifs is 1. The smallest absolute Gasteiger partial charge is 0.252 e. The SMILES string of the molecule is N=C(N)c1cccc(C(=O)NC(C(=O)NCc2cccc3ccccc23)c2ccccc2)c1. The summed E-state index contributed by atoms with van der Waals surface area (Å²) in [6, 6.07) is 28.7. The van der Waals surface area contributed by atoms with Crippen molar-refractivity contribution in [1.29, 1.82) is 5.41 Å². The highest BCUT2D eigenvalue weighted by molar-refractivity contribution is 6.01. The van der Waals surface area contributed by atoms with E-state index in [2.05, 4.69) is 10.6 Å². The van der Waals surface area contributed by atoms with E-state index < -0.39 is 11.9 Å². The molecule has 1 unspecified atom stereocenters. The number of amides is 2. The van der Waals surface area contributed by atoms with Crippen molar-refractivity contribution in [2.75, 3.05) is 0 Å². The van der Waals surface area contributed by atoms with Crippen LogP contribution in [0.4, 0.5) is 0 Å². The summed E-state index contributed by atoms with van der Waals surface area (Å²) in [6.45, 7) is 0.333. The van der Waals surface area contributed by atoms with Crippen molar-refractivity contribution in [2.45, 2.75) is 12.6 Å². The maximum Gasteiger partial charge on any atom is 0.252 e. The van der Waals surface area contributed by atoms with Gasteiger partial charge >= 0.3 is 0 Å². The lowest BCUT2D eigenvalue weighted by atomic mass is 10.0. The molecule has 33 heavy (non-hydrogen) atoms. The Kier molecular flexibility index (Phi) is 6.45. The predicted octanol–water partition coefficient (Wildman–Crippen LogP) is 3.91. The summed E-state index contributed by atoms with van der Waals surface area (Å²) >= 11 is 0. The third kappa shape index (κ3) is 5.07. The van der Waals surface area contributed by atoms with E-state index in [1.165, 1.54) is 6.07 Å². The number of nitrogens with two attached hydrogens (primary N) is 1. The number of nitrogen functional groups attached to an aromatic ring is 1. The van der Waals surface area contributed by atoms with Crippen LogP contribution in [0.15, 0.2) is 97.1 Å². The van der Waals surface area contributed by atoms with Crippen LogP contribution in [0.3, 0.4) is 0 Å². The molecule has 0 aromatic heterocycles. The Morgan fingerprint density at radius 2 is 1.48 bits per heavy atom.